The summed E-state index contributed by atoms with van der Waals surface area (Å²) >= 11 is 0. The van der Waals surface area contributed by atoms with Gasteiger partial charge in [0.05, 0.1) is 17.9 Å². The van der Waals surface area contributed by atoms with Crippen LogP contribution in [-0.4, -0.2) is 25.8 Å². The number of rotatable bonds is 7. The fraction of sp³-hybridized carbons (Fsp3) is 0.400. The molecule has 1 unspecified atom stereocenters. The van der Waals surface area contributed by atoms with Crippen LogP contribution in [0.2, 0.25) is 0 Å². The van der Waals surface area contributed by atoms with Crippen molar-refractivity contribution in [3.8, 4) is 5.75 Å². The number of aromatic nitrogens is 1. The highest BCUT2D eigenvalue weighted by atomic mass is 35.7. The van der Waals surface area contributed by atoms with Crippen molar-refractivity contribution in [1.29, 1.82) is 0 Å². The predicted molar refractivity (Wildman–Crippen MR) is 85.3 cm³/mol. The van der Waals surface area contributed by atoms with E-state index in [4.69, 9.17) is 15.4 Å². The molecule has 0 spiro atoms. The summed E-state index contributed by atoms with van der Waals surface area (Å²) in [6, 6.07) is 9.62. The molecule has 1 heterocycles. The van der Waals surface area contributed by atoms with Gasteiger partial charge in [0.2, 0.25) is 9.05 Å². The molecule has 0 radical (unpaired) electrons. The molecular formula is C15H18ClNO3S. The monoisotopic (exact) mass is 327 g/mol. The second kappa shape index (κ2) is 7.09. The first-order chi connectivity index (χ1) is 9.96. The lowest BCUT2D eigenvalue weighted by Gasteiger charge is -2.12. The Morgan fingerprint density at radius 3 is 2.81 bits per heavy atom. The Labute approximate surface area is 129 Å². The first-order valence-corrected chi connectivity index (χ1v) is 9.32. The average Bonchev–Trinajstić information content (AvgIpc) is 2.45. The summed E-state index contributed by atoms with van der Waals surface area (Å²) in [5, 5.41) is 0.982. The van der Waals surface area contributed by atoms with Gasteiger partial charge in [-0.25, -0.2) is 8.42 Å². The molecule has 2 rings (SSSR count). The molecule has 0 amide bonds. The van der Waals surface area contributed by atoms with E-state index in [9.17, 15) is 8.42 Å². The molecule has 0 bridgehead atoms. The van der Waals surface area contributed by atoms with E-state index in [0.717, 1.165) is 23.1 Å². The highest BCUT2D eigenvalue weighted by molar-refractivity contribution is 8.13. The van der Waals surface area contributed by atoms with E-state index in [2.05, 4.69) is 4.98 Å². The molecule has 0 saturated heterocycles. The van der Waals surface area contributed by atoms with E-state index in [1.165, 1.54) is 0 Å². The Kier molecular flexibility index (Phi) is 5.42. The van der Waals surface area contributed by atoms with Crippen LogP contribution in [0, 0.1) is 5.92 Å². The minimum absolute atomic E-state index is 0.00785. The molecule has 21 heavy (non-hydrogen) atoms. The van der Waals surface area contributed by atoms with E-state index >= 15 is 0 Å². The summed E-state index contributed by atoms with van der Waals surface area (Å²) in [4.78, 5) is 4.28. The molecular weight excluding hydrogens is 310 g/mol. The van der Waals surface area contributed by atoms with Crippen molar-refractivity contribution in [2.24, 2.45) is 5.92 Å². The molecule has 1 atom stereocenters. The minimum atomic E-state index is -3.40. The first kappa shape index (κ1) is 16.0. The molecule has 1 aromatic carbocycles. The number of fused-ring (bicyclic) bond motifs is 1. The van der Waals surface area contributed by atoms with Crippen molar-refractivity contribution in [1.82, 2.24) is 4.98 Å². The van der Waals surface area contributed by atoms with Gasteiger partial charge in [-0.1, -0.05) is 13.0 Å². The second-order valence-corrected chi connectivity index (χ2v) is 8.00. The van der Waals surface area contributed by atoms with Gasteiger partial charge in [-0.05, 0) is 43.0 Å². The Morgan fingerprint density at radius 2 is 2.05 bits per heavy atom. The number of nitrogens with zero attached hydrogens (tertiary/aromatic N) is 1. The van der Waals surface area contributed by atoms with Gasteiger partial charge >= 0.3 is 0 Å². The molecule has 4 nitrogen and oxygen atoms in total. The minimum Gasteiger partial charge on any atom is -0.493 e. The van der Waals surface area contributed by atoms with Gasteiger partial charge in [-0.3, -0.25) is 4.98 Å². The maximum absolute atomic E-state index is 10.9. The number of pyridine rings is 1. The molecule has 0 saturated carbocycles. The van der Waals surface area contributed by atoms with E-state index in [-0.39, 0.29) is 11.7 Å². The van der Waals surface area contributed by atoms with Crippen LogP contribution in [0.3, 0.4) is 0 Å². The average molecular weight is 328 g/mol. The Balaban J connectivity index is 1.88. The molecule has 114 valence electrons. The maximum atomic E-state index is 10.9. The third-order valence-electron chi connectivity index (χ3n) is 3.33. The molecule has 0 aliphatic carbocycles. The van der Waals surface area contributed by atoms with E-state index < -0.39 is 9.05 Å². The number of hydrogen-bond acceptors (Lipinski definition) is 4. The summed E-state index contributed by atoms with van der Waals surface area (Å²) in [5.74, 6) is 1.05. The fourth-order valence-electron chi connectivity index (χ4n) is 2.06. The van der Waals surface area contributed by atoms with E-state index in [1.807, 2.05) is 37.3 Å². The van der Waals surface area contributed by atoms with Crippen molar-refractivity contribution in [3.63, 3.8) is 0 Å². The van der Waals surface area contributed by atoms with Crippen LogP contribution in [-0.2, 0) is 9.05 Å². The quantitative estimate of drug-likeness (QED) is 0.729. The summed E-state index contributed by atoms with van der Waals surface area (Å²) in [6.07, 6.45) is 3.08. The van der Waals surface area contributed by atoms with Crippen molar-refractivity contribution in [2.75, 3.05) is 12.4 Å². The normalized spacial score (nSPS) is 13.2. The molecule has 1 aromatic heterocycles. The van der Waals surface area contributed by atoms with Crippen LogP contribution in [0.5, 0.6) is 5.75 Å². The lowest BCUT2D eigenvalue weighted by atomic mass is 10.1. The van der Waals surface area contributed by atoms with Crippen molar-refractivity contribution in [3.05, 3.63) is 36.5 Å². The molecule has 0 fully saturated rings. The Bertz CT molecular complexity index is 698. The number of hydrogen-bond donors (Lipinski definition) is 0. The van der Waals surface area contributed by atoms with Crippen molar-refractivity contribution in [2.45, 2.75) is 19.8 Å². The smallest absolute Gasteiger partial charge is 0.232 e. The predicted octanol–water partition coefficient (Wildman–Crippen LogP) is 3.60. The third-order valence-corrected chi connectivity index (χ3v) is 4.51. The lowest BCUT2D eigenvalue weighted by molar-refractivity contribution is 0.285. The van der Waals surface area contributed by atoms with Crippen molar-refractivity contribution >= 4 is 30.6 Å². The second-order valence-electron chi connectivity index (χ2n) is 5.10. The summed E-state index contributed by atoms with van der Waals surface area (Å²) < 4.78 is 27.6. The van der Waals surface area contributed by atoms with Crippen LogP contribution >= 0.6 is 10.7 Å². The van der Waals surface area contributed by atoms with Gasteiger partial charge < -0.3 is 4.74 Å². The molecule has 0 aliphatic heterocycles. The number of ether oxygens (including phenoxy) is 1. The molecule has 0 N–H and O–H groups in total. The van der Waals surface area contributed by atoms with Gasteiger partial charge in [-0.2, -0.15) is 0 Å². The molecule has 6 heteroatoms. The zero-order chi connectivity index (χ0) is 15.3. The molecule has 2 aromatic rings. The third kappa shape index (κ3) is 5.17. The first-order valence-electron chi connectivity index (χ1n) is 6.84. The van der Waals surface area contributed by atoms with Crippen molar-refractivity contribution < 1.29 is 13.2 Å². The van der Waals surface area contributed by atoms with Crippen LogP contribution in [0.4, 0.5) is 0 Å². The summed E-state index contributed by atoms with van der Waals surface area (Å²) in [7, 11) is 1.80. The van der Waals surface area contributed by atoms with Gasteiger partial charge in [-0.15, -0.1) is 0 Å². The summed E-state index contributed by atoms with van der Waals surface area (Å²) in [6.45, 7) is 2.54. The molecule has 0 aliphatic rings. The Hall–Kier alpha value is -1.33. The van der Waals surface area contributed by atoms with Gasteiger partial charge in [0, 0.05) is 22.3 Å². The van der Waals surface area contributed by atoms with Gasteiger partial charge in [0.1, 0.15) is 5.75 Å². The van der Waals surface area contributed by atoms with Gasteiger partial charge in [0.15, 0.2) is 0 Å². The maximum Gasteiger partial charge on any atom is 0.232 e. The SMILES string of the molecule is CC(CCOc1cccc2ncccc12)CCS(=O)(=O)Cl. The fourth-order valence-corrected chi connectivity index (χ4v) is 3.01. The van der Waals surface area contributed by atoms with Crippen LogP contribution < -0.4 is 4.74 Å². The number of benzene rings is 1. The number of halogens is 1. The topological polar surface area (TPSA) is 56.3 Å². The van der Waals surface area contributed by atoms with E-state index in [0.29, 0.717) is 13.0 Å². The van der Waals surface area contributed by atoms with Crippen LogP contribution in [0.1, 0.15) is 19.8 Å². The van der Waals surface area contributed by atoms with Crippen LogP contribution in [0.15, 0.2) is 36.5 Å². The van der Waals surface area contributed by atoms with Gasteiger partial charge in [0.25, 0.3) is 0 Å². The van der Waals surface area contributed by atoms with E-state index in [1.54, 1.807) is 6.20 Å². The zero-order valence-electron chi connectivity index (χ0n) is 11.8. The Morgan fingerprint density at radius 1 is 1.24 bits per heavy atom. The highest BCUT2D eigenvalue weighted by Gasteiger charge is 2.10. The largest absolute Gasteiger partial charge is 0.493 e. The lowest BCUT2D eigenvalue weighted by Crippen LogP contribution is -2.08. The standard InChI is InChI=1S/C15H18ClNO3S/c1-12(8-11-21(16,18)19)7-10-20-15-6-2-5-14-13(15)4-3-9-17-14/h2-6,9,12H,7-8,10-11H2,1H3. The van der Waals surface area contributed by atoms with Crippen LogP contribution in [0.25, 0.3) is 10.9 Å². The summed E-state index contributed by atoms with van der Waals surface area (Å²) in [5.41, 5.74) is 0.899. The highest BCUT2D eigenvalue weighted by Crippen LogP contribution is 2.24. The zero-order valence-corrected chi connectivity index (χ0v) is 13.4.